The summed E-state index contributed by atoms with van der Waals surface area (Å²) in [5, 5.41) is 0.146. The van der Waals surface area contributed by atoms with Gasteiger partial charge < -0.3 is 0 Å². The highest BCUT2D eigenvalue weighted by Gasteiger charge is 2.45. The Labute approximate surface area is 90.1 Å². The van der Waals surface area contributed by atoms with E-state index in [-0.39, 0.29) is 5.16 Å². The average Bonchev–Trinajstić information content (AvgIpc) is 2.48. The maximum Gasteiger partial charge on any atom is 0.137 e. The van der Waals surface area contributed by atoms with Crippen LogP contribution in [-0.4, -0.2) is 15.7 Å². The van der Waals surface area contributed by atoms with Crippen molar-refractivity contribution in [3.8, 4) is 0 Å². The minimum Gasteiger partial charge on any atom is -0.253 e. The van der Waals surface area contributed by atoms with Crippen LogP contribution in [0, 0.1) is 11.8 Å². The zero-order valence-corrected chi connectivity index (χ0v) is 11.3. The van der Waals surface area contributed by atoms with Crippen molar-refractivity contribution in [2.45, 2.75) is 64.7 Å². The lowest BCUT2D eigenvalue weighted by Crippen LogP contribution is -2.25. The van der Waals surface area contributed by atoms with E-state index in [1.54, 1.807) is 0 Å². The van der Waals surface area contributed by atoms with Crippen LogP contribution in [0.4, 0.5) is 0 Å². The molecule has 1 aliphatic rings. The third-order valence-corrected chi connectivity index (χ3v) is 6.50. The molecule has 1 saturated carbocycles. The highest BCUT2D eigenvalue weighted by molar-refractivity contribution is 7.54. The highest BCUT2D eigenvalue weighted by Crippen LogP contribution is 2.57. The summed E-state index contributed by atoms with van der Waals surface area (Å²) >= 11 is 0. The Hall–Kier alpha value is 0.390. The molecule has 84 valence electrons. The van der Waals surface area contributed by atoms with E-state index in [1.807, 2.05) is 0 Å². The third-order valence-electron chi connectivity index (χ3n) is 3.55. The summed E-state index contributed by atoms with van der Waals surface area (Å²) in [6.45, 7) is 11.2. The molecule has 0 bridgehead atoms. The Kier molecular flexibility index (Phi) is 4.00. The monoisotopic (exact) mass is 217 g/mol. The second-order valence-electron chi connectivity index (χ2n) is 6.08. The summed E-state index contributed by atoms with van der Waals surface area (Å²) in [4.78, 5) is 10.4. The second kappa shape index (κ2) is 4.49. The van der Waals surface area contributed by atoms with Crippen LogP contribution in [0.1, 0.15) is 53.9 Å². The molecule has 0 aliphatic heterocycles. The third kappa shape index (κ3) is 2.70. The van der Waals surface area contributed by atoms with Crippen LogP contribution in [0.25, 0.3) is 0 Å². The van der Waals surface area contributed by atoms with E-state index < -0.39 is 8.15 Å². The molecule has 1 fully saturated rings. The zero-order valence-electron chi connectivity index (χ0n) is 10.3. The Bertz CT molecular complexity index is 183. The first kappa shape index (κ1) is 12.5. The van der Waals surface area contributed by atoms with Gasteiger partial charge in [-0.25, -0.2) is 0 Å². The molecule has 3 atom stereocenters. The van der Waals surface area contributed by atoms with E-state index in [4.69, 9.17) is 0 Å². The lowest BCUT2D eigenvalue weighted by molar-refractivity contribution is 0.386. The van der Waals surface area contributed by atoms with Crippen LogP contribution in [0.5, 0.6) is 0 Å². The molecule has 2 heteroatoms. The SMILES string of the molecule is CC(C)C1CCCC1[PH+](O)C(C)(C)C. The van der Waals surface area contributed by atoms with Crippen molar-refractivity contribution < 1.29 is 4.89 Å². The molecule has 0 saturated heterocycles. The Morgan fingerprint density at radius 1 is 1.21 bits per heavy atom. The van der Waals surface area contributed by atoms with Crippen molar-refractivity contribution in [2.75, 3.05) is 0 Å². The first-order chi connectivity index (χ1) is 6.34. The van der Waals surface area contributed by atoms with Crippen LogP contribution in [0.3, 0.4) is 0 Å². The summed E-state index contributed by atoms with van der Waals surface area (Å²) in [6, 6.07) is 0. The topological polar surface area (TPSA) is 20.2 Å². The Morgan fingerprint density at radius 3 is 2.21 bits per heavy atom. The van der Waals surface area contributed by atoms with Gasteiger partial charge in [0.25, 0.3) is 0 Å². The van der Waals surface area contributed by atoms with E-state index in [0.717, 1.165) is 11.8 Å². The lowest BCUT2D eigenvalue weighted by Gasteiger charge is -2.28. The average molecular weight is 217 g/mol. The van der Waals surface area contributed by atoms with Gasteiger partial charge in [-0.05, 0) is 46.0 Å². The fourth-order valence-corrected chi connectivity index (χ4v) is 5.23. The molecule has 1 aliphatic carbocycles. The maximum atomic E-state index is 10.4. The summed E-state index contributed by atoms with van der Waals surface area (Å²) in [5.74, 6) is 1.53. The number of rotatable bonds is 2. The quantitative estimate of drug-likeness (QED) is 0.699. The van der Waals surface area contributed by atoms with E-state index in [2.05, 4.69) is 34.6 Å². The summed E-state index contributed by atoms with van der Waals surface area (Å²) in [5.41, 5.74) is 0.639. The van der Waals surface area contributed by atoms with Crippen LogP contribution in [0.15, 0.2) is 0 Å². The number of hydrogen-bond donors (Lipinski definition) is 1. The molecule has 0 aromatic carbocycles. The molecule has 0 heterocycles. The van der Waals surface area contributed by atoms with E-state index in [0.29, 0.717) is 5.66 Å². The molecule has 14 heavy (non-hydrogen) atoms. The molecular formula is C12H26OP+. The standard InChI is InChI=1S/C12H25OP/c1-9(2)10-7-6-8-11(10)14(13)12(3,4)5/h9-11,13H,6-8H2,1-5H3/p+1. The van der Waals surface area contributed by atoms with Gasteiger partial charge in [0, 0.05) is 5.92 Å². The van der Waals surface area contributed by atoms with Crippen LogP contribution >= 0.6 is 8.15 Å². The van der Waals surface area contributed by atoms with E-state index >= 15 is 0 Å². The van der Waals surface area contributed by atoms with Gasteiger partial charge in [0.15, 0.2) is 0 Å². The lowest BCUT2D eigenvalue weighted by atomic mass is 9.94. The van der Waals surface area contributed by atoms with Crippen molar-refractivity contribution in [2.24, 2.45) is 11.8 Å². The summed E-state index contributed by atoms with van der Waals surface area (Å²) in [7, 11) is -1.18. The van der Waals surface area contributed by atoms with Crippen LogP contribution < -0.4 is 0 Å². The first-order valence-corrected chi connectivity index (χ1v) is 7.42. The molecule has 3 unspecified atom stereocenters. The van der Waals surface area contributed by atoms with Gasteiger partial charge in [0.05, 0.1) is 10.8 Å². The molecule has 0 spiro atoms. The van der Waals surface area contributed by atoms with Gasteiger partial charge in [-0.2, -0.15) is 0 Å². The van der Waals surface area contributed by atoms with Gasteiger partial charge in [-0.15, -0.1) is 0 Å². The molecule has 0 aromatic heterocycles. The molecule has 1 rings (SSSR count). The van der Waals surface area contributed by atoms with Gasteiger partial charge in [-0.1, -0.05) is 13.8 Å². The van der Waals surface area contributed by atoms with E-state index in [9.17, 15) is 4.89 Å². The molecule has 0 aromatic rings. The highest BCUT2D eigenvalue weighted by atomic mass is 31.1. The van der Waals surface area contributed by atoms with Crippen LogP contribution in [-0.2, 0) is 0 Å². The van der Waals surface area contributed by atoms with E-state index in [1.165, 1.54) is 19.3 Å². The normalized spacial score (nSPS) is 31.1. The molecule has 0 radical (unpaired) electrons. The van der Waals surface area contributed by atoms with Gasteiger partial charge >= 0.3 is 0 Å². The van der Waals surface area contributed by atoms with Gasteiger partial charge in [0.2, 0.25) is 0 Å². The van der Waals surface area contributed by atoms with Crippen LogP contribution in [0.2, 0.25) is 0 Å². The smallest absolute Gasteiger partial charge is 0.137 e. The predicted molar refractivity (Wildman–Crippen MR) is 66.3 cm³/mol. The first-order valence-electron chi connectivity index (χ1n) is 5.90. The van der Waals surface area contributed by atoms with Crippen molar-refractivity contribution in [1.29, 1.82) is 0 Å². The maximum absolute atomic E-state index is 10.4. The Morgan fingerprint density at radius 2 is 1.79 bits per heavy atom. The largest absolute Gasteiger partial charge is 0.253 e. The molecular weight excluding hydrogens is 191 g/mol. The fourth-order valence-electron chi connectivity index (χ4n) is 2.68. The van der Waals surface area contributed by atoms with Crippen molar-refractivity contribution in [3.63, 3.8) is 0 Å². The number of hydrogen-bond acceptors (Lipinski definition) is 1. The van der Waals surface area contributed by atoms with Crippen molar-refractivity contribution >= 4 is 8.15 Å². The predicted octanol–water partition coefficient (Wildman–Crippen LogP) is 3.73. The second-order valence-corrected chi connectivity index (χ2v) is 9.09. The molecule has 1 nitrogen and oxygen atoms in total. The van der Waals surface area contributed by atoms with Gasteiger partial charge in [-0.3, -0.25) is 4.89 Å². The minimum atomic E-state index is -1.18. The van der Waals surface area contributed by atoms with Gasteiger partial charge in [0.1, 0.15) is 8.15 Å². The zero-order chi connectivity index (χ0) is 10.9. The molecule has 0 amide bonds. The van der Waals surface area contributed by atoms with Crippen molar-refractivity contribution in [3.05, 3.63) is 0 Å². The summed E-state index contributed by atoms with van der Waals surface area (Å²) < 4.78 is 0. The van der Waals surface area contributed by atoms with Crippen molar-refractivity contribution in [1.82, 2.24) is 0 Å². The molecule has 1 N–H and O–H groups in total. The summed E-state index contributed by atoms with van der Waals surface area (Å²) in [6.07, 6.45) is 3.94. The Balaban J connectivity index is 2.67. The fraction of sp³-hybridized carbons (Fsp3) is 1.00. The minimum absolute atomic E-state index is 0.146.